The van der Waals surface area contributed by atoms with Crippen molar-refractivity contribution in [3.05, 3.63) is 94.6 Å². The van der Waals surface area contributed by atoms with Gasteiger partial charge in [0.05, 0.1) is 42.7 Å². The van der Waals surface area contributed by atoms with E-state index < -0.39 is 184 Å². The number of benzene rings is 2. The van der Waals surface area contributed by atoms with Crippen LogP contribution in [0.1, 0.15) is 219 Å². The number of nitrogens with one attached hydrogen (secondary N) is 5. The van der Waals surface area contributed by atoms with Gasteiger partial charge in [0.25, 0.3) is 11.8 Å². The summed E-state index contributed by atoms with van der Waals surface area (Å²) in [6, 6.07) is 4.98. The van der Waals surface area contributed by atoms with Crippen LogP contribution in [-0.4, -0.2) is 190 Å². The van der Waals surface area contributed by atoms with E-state index in [-0.39, 0.29) is 83.8 Å². The molecule has 0 radical (unpaired) electrons. The van der Waals surface area contributed by atoms with Crippen molar-refractivity contribution in [1.82, 2.24) is 45.0 Å². The molecule has 4 saturated carbocycles. The van der Waals surface area contributed by atoms with Crippen LogP contribution in [-0.2, 0) is 103 Å². The summed E-state index contributed by atoms with van der Waals surface area (Å²) >= 11 is 0. The van der Waals surface area contributed by atoms with Crippen LogP contribution in [0.4, 0.5) is 32.8 Å². The summed E-state index contributed by atoms with van der Waals surface area (Å²) in [5.74, 6) is -5.78. The number of sulfonamides is 2. The summed E-state index contributed by atoms with van der Waals surface area (Å²) in [7, 11) is -7.78. The lowest BCUT2D eigenvalue weighted by atomic mass is 10.0. The summed E-state index contributed by atoms with van der Waals surface area (Å²) in [5, 5.41) is 6.99. The minimum absolute atomic E-state index is 0. The standard InChI is InChI=1S/C36H48FN5O9S.C30H38FN5O7S.C12H22O5.ClH/c1-4-35(2,3)51-33(46)38-28-14-9-7-5-6-8-12-23-18-36(23,32(45)40-52(48,49)25-15-16-25)39-30(43)29-17-24(20-42(29)31(28)44)50-34(47)41-19-22-11-10-13-27(37)26(22)21-41;31-23-9-6-7-18-15-35(17-22(18)23)29(40)43-20-13-25-26(37)33-30(28(39)34-44(41,42)21-11-12-21)14-19(30)8-4-2-1-3-5-10-24(32)27(38)36(25)16-20;1-7-11(3,4)16-9(13)15-10(14)17-12(5,6)8-2;/h8,10-13,23-25,28-29H,4-7,9,14-21H2,1-3H3,(H,38,46)(H,39,43)(H,40,45);4,6-9,19-21,24-25H,1-3,5,10-17,32H2,(H,33,37)(H,34,39);7-8H2,1-6H3;1H/b12-8-;8-4-;;/t23-,24-,28+,29+,36-;19-,20-,24+,25+,30-;;/m11../s1. The normalized spacial score (nSPS) is 27.0. The van der Waals surface area contributed by atoms with Gasteiger partial charge in [-0.2, -0.15) is 0 Å². The van der Waals surface area contributed by atoms with E-state index in [1.165, 1.54) is 31.7 Å². The summed E-state index contributed by atoms with van der Waals surface area (Å²) in [5.41, 5.74) is 3.26. The number of allylic oxidation sites excluding steroid dienone is 2. The second kappa shape index (κ2) is 36.6. The van der Waals surface area contributed by atoms with Crippen molar-refractivity contribution in [3.8, 4) is 0 Å². The fourth-order valence-electron chi connectivity index (χ4n) is 14.2. The molecule has 630 valence electrons. The van der Waals surface area contributed by atoms with E-state index in [1.54, 1.807) is 65.8 Å². The van der Waals surface area contributed by atoms with Gasteiger partial charge in [-0.05, 0) is 161 Å². The molecular formula is C78H109ClF2N10O21S2. The Morgan fingerprint density at radius 1 is 0.553 bits per heavy atom. The molecule has 2 aromatic carbocycles. The zero-order chi connectivity index (χ0) is 82.3. The van der Waals surface area contributed by atoms with Crippen LogP contribution >= 0.6 is 12.4 Å². The Kier molecular flexibility index (Phi) is 28.7. The van der Waals surface area contributed by atoms with Gasteiger partial charge >= 0.3 is 30.6 Å². The maximum absolute atomic E-state index is 14.4. The number of amides is 9. The molecule has 0 aromatic heterocycles. The number of hydrogen-bond donors (Lipinski definition) is 6. The van der Waals surface area contributed by atoms with Gasteiger partial charge < -0.3 is 59.9 Å². The van der Waals surface area contributed by atoms with Crippen molar-refractivity contribution in [1.29, 1.82) is 0 Å². The topological polar surface area (TPSA) is 411 Å². The highest BCUT2D eigenvalue weighted by Crippen LogP contribution is 2.48. The molecule has 10 aliphatic rings. The molecule has 0 unspecified atom stereocenters. The van der Waals surface area contributed by atoms with E-state index in [4.69, 9.17) is 29.4 Å². The van der Waals surface area contributed by atoms with Gasteiger partial charge in [-0.25, -0.2) is 49.6 Å². The Balaban J connectivity index is 0.000000218. The highest BCUT2D eigenvalue weighted by atomic mass is 35.5. The van der Waals surface area contributed by atoms with Gasteiger partial charge in [0.1, 0.15) is 69.8 Å². The first-order chi connectivity index (χ1) is 53.2. The number of nitrogens with two attached hydrogens (primary N) is 1. The first kappa shape index (κ1) is 89.2. The highest BCUT2D eigenvalue weighted by molar-refractivity contribution is 7.91. The molecule has 6 fully saturated rings. The second-order valence-electron chi connectivity index (χ2n) is 32.8. The third kappa shape index (κ3) is 22.5. The maximum Gasteiger partial charge on any atom is 0.519 e. The smallest absolute Gasteiger partial charge is 0.444 e. The third-order valence-electron chi connectivity index (χ3n) is 22.7. The lowest BCUT2D eigenvalue weighted by molar-refractivity contribution is -0.141. The number of ether oxygens (including phenoxy) is 6. The van der Waals surface area contributed by atoms with E-state index in [2.05, 4.69) is 30.1 Å². The van der Waals surface area contributed by atoms with Crippen LogP contribution in [0.5, 0.6) is 0 Å². The van der Waals surface area contributed by atoms with Crippen molar-refractivity contribution < 1.29 is 107 Å². The Hall–Kier alpha value is -8.70. The number of fused-ring (bicyclic) bond motifs is 6. The van der Waals surface area contributed by atoms with Gasteiger partial charge in [0, 0.05) is 48.9 Å². The molecule has 2 saturated heterocycles. The molecule has 2 aromatic rings. The van der Waals surface area contributed by atoms with Crippen molar-refractivity contribution in [2.45, 2.75) is 298 Å². The van der Waals surface area contributed by atoms with Gasteiger partial charge in [0.15, 0.2) is 0 Å². The van der Waals surface area contributed by atoms with Crippen LogP contribution in [0.15, 0.2) is 60.7 Å². The number of halogens is 3. The van der Waals surface area contributed by atoms with Crippen molar-refractivity contribution in [2.75, 3.05) is 13.1 Å². The Bertz CT molecular complexity index is 4250. The number of alkyl carbamates (subject to hydrolysis) is 1. The lowest BCUT2D eigenvalue weighted by Gasteiger charge is -2.30. The molecule has 9 amide bonds. The van der Waals surface area contributed by atoms with E-state index in [0.29, 0.717) is 92.9 Å². The average molecular weight is 1660 g/mol. The Morgan fingerprint density at radius 2 is 0.956 bits per heavy atom. The highest BCUT2D eigenvalue weighted by Gasteiger charge is 2.64. The van der Waals surface area contributed by atoms with Gasteiger partial charge in [-0.15, -0.1) is 12.4 Å². The molecular weight excluding hydrogens is 1550 g/mol. The van der Waals surface area contributed by atoms with E-state index >= 15 is 0 Å². The molecule has 0 bridgehead atoms. The van der Waals surface area contributed by atoms with Crippen molar-refractivity contribution in [3.63, 3.8) is 0 Å². The summed E-state index contributed by atoms with van der Waals surface area (Å²) in [4.78, 5) is 150. The predicted octanol–water partition coefficient (Wildman–Crippen LogP) is 9.19. The average Bonchev–Trinajstić information content (AvgIpc) is 1.57. The molecule has 10 atom stereocenters. The molecule has 0 spiro atoms. The summed E-state index contributed by atoms with van der Waals surface area (Å²) in [6.45, 7) is 16.1. The molecule has 7 N–H and O–H groups in total. The van der Waals surface area contributed by atoms with E-state index in [0.717, 1.165) is 32.1 Å². The number of carbonyl (C=O) groups excluding carboxylic acids is 11. The summed E-state index contributed by atoms with van der Waals surface area (Å²) in [6.07, 6.45) is 11.8. The molecule has 114 heavy (non-hydrogen) atoms. The van der Waals surface area contributed by atoms with Crippen molar-refractivity contribution in [2.24, 2.45) is 17.6 Å². The van der Waals surface area contributed by atoms with Crippen LogP contribution in [0, 0.1) is 23.5 Å². The minimum atomic E-state index is -3.92. The number of carbonyl (C=O) groups is 11. The van der Waals surface area contributed by atoms with Crippen molar-refractivity contribution >= 4 is 98.5 Å². The van der Waals surface area contributed by atoms with Crippen LogP contribution in [0.2, 0.25) is 0 Å². The number of hydrogen-bond acceptors (Lipinski definition) is 22. The molecule has 31 nitrogen and oxygen atoms in total. The lowest BCUT2D eigenvalue weighted by Crippen LogP contribution is -2.58. The quantitative estimate of drug-likeness (QED) is 0.0418. The van der Waals surface area contributed by atoms with Crippen LogP contribution in [0.25, 0.3) is 0 Å². The zero-order valence-corrected chi connectivity index (χ0v) is 68.5. The predicted molar refractivity (Wildman–Crippen MR) is 410 cm³/mol. The van der Waals surface area contributed by atoms with E-state index in [1.807, 2.05) is 45.1 Å². The molecule has 36 heteroatoms. The molecule has 6 aliphatic heterocycles. The van der Waals surface area contributed by atoms with Crippen LogP contribution in [0.3, 0.4) is 0 Å². The zero-order valence-electron chi connectivity index (χ0n) is 66.1. The number of nitrogens with zero attached hydrogens (tertiary/aromatic N) is 4. The maximum atomic E-state index is 14.4. The van der Waals surface area contributed by atoms with Gasteiger partial charge in [-0.3, -0.25) is 48.0 Å². The third-order valence-corrected chi connectivity index (χ3v) is 26.4. The minimum Gasteiger partial charge on any atom is -0.444 e. The number of rotatable bonds is 15. The largest absolute Gasteiger partial charge is 0.519 e. The van der Waals surface area contributed by atoms with E-state index in [9.17, 15) is 78.4 Å². The fourth-order valence-corrected chi connectivity index (χ4v) is 17.0. The van der Waals surface area contributed by atoms with Crippen LogP contribution < -0.4 is 31.1 Å². The monoisotopic (exact) mass is 1660 g/mol. The van der Waals surface area contributed by atoms with Gasteiger partial charge in [-0.1, -0.05) is 95.0 Å². The molecule has 4 aliphatic carbocycles. The SMILES string of the molecule is CCC(C)(C)OC(=O)N[C@H]1CCCCC/C=C\[C@@H]2C[C@@]2(C(=O)NS(=O)(=O)C2CC2)NC(=O)[C@@H]2C[C@@H](OC(=O)N3Cc4cccc(F)c4C3)CN2C1=O.CCC(C)(C)OC(=O)OC(=O)OC(C)(C)CC.Cl.N[C@H]1CCCCC/C=C\[C@@H]2C[C@@]2(C(=O)NS(=O)(=O)C2CC2)NC(=O)[C@@H]2C[C@@H](OC(=O)N3Cc4cccc(F)c4C3)CN2C1=O. The second-order valence-corrected chi connectivity index (χ2v) is 36.7. The molecule has 12 rings (SSSR count). The molecule has 6 heterocycles. The Labute approximate surface area is 670 Å². The first-order valence-electron chi connectivity index (χ1n) is 39.3. The Morgan fingerprint density at radius 3 is 1.36 bits per heavy atom. The van der Waals surface area contributed by atoms with Gasteiger partial charge in [0.2, 0.25) is 43.7 Å². The fraction of sp³-hybridized carbons (Fsp3) is 0.654. The summed E-state index contributed by atoms with van der Waals surface area (Å²) < 4.78 is 115. The first-order valence-corrected chi connectivity index (χ1v) is 42.3.